The molecule has 5 heteroatoms. The van der Waals surface area contributed by atoms with Crippen LogP contribution in [0.3, 0.4) is 0 Å². The number of hydrogen-bond acceptors (Lipinski definition) is 4. The lowest BCUT2D eigenvalue weighted by Crippen LogP contribution is -2.33. The summed E-state index contributed by atoms with van der Waals surface area (Å²) in [6.45, 7) is 1.34. The fourth-order valence-corrected chi connectivity index (χ4v) is 1.79. The predicted molar refractivity (Wildman–Crippen MR) is 60.9 cm³/mol. The molecule has 0 aromatic carbocycles. The molecule has 0 spiro atoms. The predicted octanol–water partition coefficient (Wildman–Crippen LogP) is -0.349. The van der Waals surface area contributed by atoms with Gasteiger partial charge in [0.15, 0.2) is 0 Å². The zero-order chi connectivity index (χ0) is 11.4. The Morgan fingerprint density at radius 1 is 1.69 bits per heavy atom. The van der Waals surface area contributed by atoms with Gasteiger partial charge in [-0.25, -0.2) is 0 Å². The van der Waals surface area contributed by atoms with E-state index in [1.54, 1.807) is 0 Å². The van der Waals surface area contributed by atoms with Crippen LogP contribution in [0.25, 0.3) is 0 Å². The van der Waals surface area contributed by atoms with Crippen molar-refractivity contribution in [1.29, 1.82) is 0 Å². The van der Waals surface area contributed by atoms with Gasteiger partial charge in [0.25, 0.3) is 0 Å². The average molecular weight is 221 g/mol. The SMILES string of the molecule is O=C(CO)NC1=CCC(N2C=NCC2)C=C1. The zero-order valence-corrected chi connectivity index (χ0v) is 8.97. The highest BCUT2D eigenvalue weighted by Gasteiger charge is 2.17. The van der Waals surface area contributed by atoms with E-state index in [-0.39, 0.29) is 5.91 Å². The second-order valence-electron chi connectivity index (χ2n) is 3.79. The first-order valence-electron chi connectivity index (χ1n) is 5.34. The number of carbonyl (C=O) groups is 1. The minimum atomic E-state index is -0.479. The van der Waals surface area contributed by atoms with Gasteiger partial charge in [0.05, 0.1) is 18.9 Å². The van der Waals surface area contributed by atoms with Crippen LogP contribution >= 0.6 is 0 Å². The lowest BCUT2D eigenvalue weighted by molar-refractivity contribution is -0.123. The molecule has 1 atom stereocenters. The van der Waals surface area contributed by atoms with E-state index in [0.717, 1.165) is 25.2 Å². The molecule has 0 saturated heterocycles. The van der Waals surface area contributed by atoms with Crippen molar-refractivity contribution in [3.05, 3.63) is 23.9 Å². The van der Waals surface area contributed by atoms with E-state index >= 15 is 0 Å². The van der Waals surface area contributed by atoms with Crippen molar-refractivity contribution in [3.63, 3.8) is 0 Å². The molecule has 2 N–H and O–H groups in total. The van der Waals surface area contributed by atoms with E-state index in [0.29, 0.717) is 6.04 Å². The second-order valence-corrected chi connectivity index (χ2v) is 3.79. The molecule has 1 aliphatic carbocycles. The van der Waals surface area contributed by atoms with Crippen molar-refractivity contribution < 1.29 is 9.90 Å². The monoisotopic (exact) mass is 221 g/mol. The van der Waals surface area contributed by atoms with Crippen molar-refractivity contribution in [3.8, 4) is 0 Å². The maximum atomic E-state index is 11.0. The summed E-state index contributed by atoms with van der Waals surface area (Å²) in [5.74, 6) is -0.378. The third-order valence-corrected chi connectivity index (χ3v) is 2.65. The third kappa shape index (κ3) is 2.49. The molecule has 16 heavy (non-hydrogen) atoms. The molecular weight excluding hydrogens is 206 g/mol. The molecule has 2 rings (SSSR count). The average Bonchev–Trinajstić information content (AvgIpc) is 2.83. The van der Waals surface area contributed by atoms with Crippen LogP contribution in [0.4, 0.5) is 0 Å². The van der Waals surface area contributed by atoms with Crippen LogP contribution in [-0.2, 0) is 4.79 Å². The molecule has 0 radical (unpaired) electrons. The minimum Gasteiger partial charge on any atom is -0.387 e. The normalized spacial score (nSPS) is 23.4. The van der Waals surface area contributed by atoms with Gasteiger partial charge in [-0.2, -0.15) is 0 Å². The molecule has 2 aliphatic rings. The summed E-state index contributed by atoms with van der Waals surface area (Å²) in [5.41, 5.74) is 0.756. The largest absolute Gasteiger partial charge is 0.387 e. The Labute approximate surface area is 94.2 Å². The van der Waals surface area contributed by atoms with Gasteiger partial charge in [-0.3, -0.25) is 9.79 Å². The van der Waals surface area contributed by atoms with Crippen molar-refractivity contribution >= 4 is 12.2 Å². The summed E-state index contributed by atoms with van der Waals surface area (Å²) in [5, 5.41) is 11.2. The molecule has 0 saturated carbocycles. The van der Waals surface area contributed by atoms with Gasteiger partial charge in [-0.15, -0.1) is 0 Å². The van der Waals surface area contributed by atoms with E-state index in [4.69, 9.17) is 5.11 Å². The van der Waals surface area contributed by atoms with Gasteiger partial charge < -0.3 is 15.3 Å². The molecule has 1 heterocycles. The smallest absolute Gasteiger partial charge is 0.250 e. The standard InChI is InChI=1S/C11H15N3O2/c15-7-11(16)13-9-1-3-10(4-2-9)14-6-5-12-8-14/h1-3,8,10,15H,4-7H2,(H,13,16). The van der Waals surface area contributed by atoms with Crippen LogP contribution in [0.1, 0.15) is 6.42 Å². The number of aliphatic hydroxyl groups is 1. The number of carbonyl (C=O) groups excluding carboxylic acids is 1. The van der Waals surface area contributed by atoms with Gasteiger partial charge >= 0.3 is 0 Å². The molecule has 5 nitrogen and oxygen atoms in total. The molecule has 86 valence electrons. The first-order chi connectivity index (χ1) is 7.79. The number of amides is 1. The van der Waals surface area contributed by atoms with E-state index in [1.807, 2.05) is 24.6 Å². The minimum absolute atomic E-state index is 0.334. The van der Waals surface area contributed by atoms with Crippen LogP contribution < -0.4 is 5.32 Å². The number of nitrogens with zero attached hydrogens (tertiary/aromatic N) is 2. The molecule has 0 fully saturated rings. The Kier molecular flexibility index (Phi) is 3.36. The number of nitrogens with one attached hydrogen (secondary N) is 1. The quantitative estimate of drug-likeness (QED) is 0.684. The Balaban J connectivity index is 1.88. The van der Waals surface area contributed by atoms with Crippen LogP contribution in [0.2, 0.25) is 0 Å². The maximum absolute atomic E-state index is 11.0. The van der Waals surface area contributed by atoms with Gasteiger partial charge in [-0.05, 0) is 12.5 Å². The van der Waals surface area contributed by atoms with Gasteiger partial charge in [0.1, 0.15) is 6.61 Å². The highest BCUT2D eigenvalue weighted by molar-refractivity contribution is 5.79. The number of allylic oxidation sites excluding steroid dienone is 1. The van der Waals surface area contributed by atoms with Crippen molar-refractivity contribution in [2.75, 3.05) is 19.7 Å². The maximum Gasteiger partial charge on any atom is 0.250 e. The first-order valence-corrected chi connectivity index (χ1v) is 5.34. The number of hydrogen-bond donors (Lipinski definition) is 2. The fourth-order valence-electron chi connectivity index (χ4n) is 1.79. The molecule has 0 bridgehead atoms. The number of aliphatic hydroxyl groups excluding tert-OH is 1. The first kappa shape index (κ1) is 10.9. The van der Waals surface area contributed by atoms with Gasteiger partial charge in [0.2, 0.25) is 5.91 Å². The second kappa shape index (κ2) is 4.94. The summed E-state index contributed by atoms with van der Waals surface area (Å²) in [6.07, 6.45) is 8.60. The van der Waals surface area contributed by atoms with Gasteiger partial charge in [-0.1, -0.05) is 12.2 Å². The molecule has 0 aromatic rings. The molecule has 1 unspecified atom stereocenters. The van der Waals surface area contributed by atoms with E-state index in [1.165, 1.54) is 0 Å². The summed E-state index contributed by atoms with van der Waals surface area (Å²) in [7, 11) is 0. The Morgan fingerprint density at radius 3 is 3.12 bits per heavy atom. The highest BCUT2D eigenvalue weighted by Crippen LogP contribution is 2.14. The highest BCUT2D eigenvalue weighted by atomic mass is 16.3. The topological polar surface area (TPSA) is 64.9 Å². The van der Waals surface area contributed by atoms with E-state index < -0.39 is 6.61 Å². The Bertz CT molecular complexity index is 360. The van der Waals surface area contributed by atoms with Crippen LogP contribution in [0.5, 0.6) is 0 Å². The van der Waals surface area contributed by atoms with Gasteiger partial charge in [0, 0.05) is 12.2 Å². The van der Waals surface area contributed by atoms with Crippen molar-refractivity contribution in [2.24, 2.45) is 4.99 Å². The molecule has 1 aliphatic heterocycles. The van der Waals surface area contributed by atoms with Crippen LogP contribution in [0, 0.1) is 0 Å². The summed E-state index contributed by atoms with van der Waals surface area (Å²) < 4.78 is 0. The number of aliphatic imine (C=N–C) groups is 1. The van der Waals surface area contributed by atoms with Crippen molar-refractivity contribution in [2.45, 2.75) is 12.5 Å². The van der Waals surface area contributed by atoms with Crippen LogP contribution in [-0.4, -0.2) is 48.0 Å². The van der Waals surface area contributed by atoms with Crippen LogP contribution in [0.15, 0.2) is 28.9 Å². The lowest BCUT2D eigenvalue weighted by atomic mass is 10.1. The fraction of sp³-hybridized carbons (Fsp3) is 0.455. The van der Waals surface area contributed by atoms with E-state index in [2.05, 4.69) is 15.2 Å². The number of rotatable bonds is 3. The lowest BCUT2D eigenvalue weighted by Gasteiger charge is -2.25. The molecule has 1 amide bonds. The molecule has 0 aromatic heterocycles. The summed E-state index contributed by atoms with van der Waals surface area (Å²) in [6, 6.07) is 0.334. The zero-order valence-electron chi connectivity index (χ0n) is 8.97. The molecular formula is C11H15N3O2. The summed E-state index contributed by atoms with van der Waals surface area (Å²) >= 11 is 0. The Hall–Kier alpha value is -1.62. The van der Waals surface area contributed by atoms with E-state index in [9.17, 15) is 4.79 Å². The van der Waals surface area contributed by atoms with Crippen molar-refractivity contribution in [1.82, 2.24) is 10.2 Å². The Morgan fingerprint density at radius 2 is 2.56 bits per heavy atom. The summed E-state index contributed by atoms with van der Waals surface area (Å²) in [4.78, 5) is 17.3. The third-order valence-electron chi connectivity index (χ3n) is 2.65.